The summed E-state index contributed by atoms with van der Waals surface area (Å²) in [5.41, 5.74) is -0.0157. The second-order valence-corrected chi connectivity index (χ2v) is 8.35. The molecule has 0 aromatic heterocycles. The molecule has 1 atom stereocenters. The van der Waals surface area contributed by atoms with Crippen molar-refractivity contribution in [1.29, 1.82) is 0 Å². The highest BCUT2D eigenvalue weighted by Crippen LogP contribution is 2.33. The number of hydrogen-bond donors (Lipinski definition) is 2. The van der Waals surface area contributed by atoms with Crippen molar-refractivity contribution in [2.45, 2.75) is 45.3 Å². The second-order valence-electron chi connectivity index (χ2n) is 7.43. The number of carbonyl (C=O) groups is 3. The largest absolute Gasteiger partial charge is 0.494 e. The summed E-state index contributed by atoms with van der Waals surface area (Å²) in [6.45, 7) is 5.79. The Kier molecular flexibility index (Phi) is 6.92. The molecule has 1 fully saturated rings. The van der Waals surface area contributed by atoms with Gasteiger partial charge in [0.2, 0.25) is 5.91 Å². The number of carbonyl (C=O) groups excluding carboxylic acids is 3. The first-order chi connectivity index (χ1) is 13.1. The van der Waals surface area contributed by atoms with Gasteiger partial charge in [-0.05, 0) is 45.7 Å². The Morgan fingerprint density at radius 3 is 2.50 bits per heavy atom. The number of likely N-dealkylation sites (tertiary alicyclic amines) is 1. The molecule has 0 bridgehead atoms. The number of amides is 3. The highest BCUT2D eigenvalue weighted by Gasteiger charge is 2.37. The summed E-state index contributed by atoms with van der Waals surface area (Å²) >= 11 is 3.34. The van der Waals surface area contributed by atoms with Crippen LogP contribution in [0, 0.1) is 0 Å². The standard InChI is InChI=1S/C19H26BrN3O5/c1-19(2,3)28-18(26)23-8-6-7-14(23)17(25)22-13-10-11(20)9-12(15(13)27-5)16(24)21-4/h9-10,14H,6-8H2,1-5H3,(H,21,24)(H,22,25)/t14-/m0/s1. The predicted octanol–water partition coefficient (Wildman–Crippen LogP) is 3.16. The topological polar surface area (TPSA) is 97.0 Å². The van der Waals surface area contributed by atoms with Gasteiger partial charge in [-0.15, -0.1) is 0 Å². The molecule has 0 spiro atoms. The van der Waals surface area contributed by atoms with Gasteiger partial charge < -0.3 is 20.1 Å². The van der Waals surface area contributed by atoms with Crippen molar-refractivity contribution in [2.75, 3.05) is 26.0 Å². The molecule has 9 heteroatoms. The zero-order valence-corrected chi connectivity index (χ0v) is 18.3. The average Bonchev–Trinajstić information content (AvgIpc) is 3.09. The van der Waals surface area contributed by atoms with Crippen molar-refractivity contribution in [3.05, 3.63) is 22.2 Å². The lowest BCUT2D eigenvalue weighted by Gasteiger charge is -2.28. The lowest BCUT2D eigenvalue weighted by Crippen LogP contribution is -2.45. The van der Waals surface area contributed by atoms with Crippen molar-refractivity contribution in [1.82, 2.24) is 10.2 Å². The van der Waals surface area contributed by atoms with E-state index in [9.17, 15) is 14.4 Å². The van der Waals surface area contributed by atoms with Gasteiger partial charge in [0.1, 0.15) is 11.6 Å². The molecule has 1 aromatic carbocycles. The molecule has 1 aromatic rings. The first-order valence-corrected chi connectivity index (χ1v) is 9.76. The molecule has 0 radical (unpaired) electrons. The molecule has 1 aliphatic rings. The van der Waals surface area contributed by atoms with Crippen LogP contribution in [0.5, 0.6) is 5.75 Å². The molecule has 2 N–H and O–H groups in total. The van der Waals surface area contributed by atoms with Crippen LogP contribution in [0.15, 0.2) is 16.6 Å². The molecule has 1 saturated heterocycles. The first-order valence-electron chi connectivity index (χ1n) is 8.97. The summed E-state index contributed by atoms with van der Waals surface area (Å²) in [7, 11) is 2.94. The van der Waals surface area contributed by atoms with Crippen molar-refractivity contribution >= 4 is 39.5 Å². The monoisotopic (exact) mass is 455 g/mol. The Morgan fingerprint density at radius 2 is 1.93 bits per heavy atom. The maximum Gasteiger partial charge on any atom is 0.410 e. The van der Waals surface area contributed by atoms with E-state index in [2.05, 4.69) is 26.6 Å². The molecule has 0 aliphatic carbocycles. The maximum atomic E-state index is 12.9. The molecule has 28 heavy (non-hydrogen) atoms. The minimum Gasteiger partial charge on any atom is -0.494 e. The van der Waals surface area contributed by atoms with Crippen LogP contribution in [0.4, 0.5) is 10.5 Å². The average molecular weight is 456 g/mol. The number of ether oxygens (including phenoxy) is 2. The van der Waals surface area contributed by atoms with Crippen LogP contribution in [0.25, 0.3) is 0 Å². The minimum atomic E-state index is -0.651. The molecule has 1 heterocycles. The highest BCUT2D eigenvalue weighted by molar-refractivity contribution is 9.10. The lowest BCUT2D eigenvalue weighted by molar-refractivity contribution is -0.120. The third-order valence-electron chi connectivity index (χ3n) is 4.17. The molecular formula is C19H26BrN3O5. The summed E-state index contributed by atoms with van der Waals surface area (Å²) in [6.07, 6.45) is 0.720. The van der Waals surface area contributed by atoms with Gasteiger partial charge in [0.05, 0.1) is 18.4 Å². The zero-order valence-electron chi connectivity index (χ0n) is 16.7. The first kappa shape index (κ1) is 22.0. The van der Waals surface area contributed by atoms with Crippen LogP contribution in [-0.2, 0) is 9.53 Å². The number of nitrogens with one attached hydrogen (secondary N) is 2. The smallest absolute Gasteiger partial charge is 0.410 e. The van der Waals surface area contributed by atoms with E-state index >= 15 is 0 Å². The molecular weight excluding hydrogens is 430 g/mol. The van der Waals surface area contributed by atoms with Gasteiger partial charge in [-0.1, -0.05) is 15.9 Å². The van der Waals surface area contributed by atoms with E-state index < -0.39 is 17.7 Å². The highest BCUT2D eigenvalue weighted by atomic mass is 79.9. The molecule has 0 saturated carbocycles. The molecule has 1 aliphatic heterocycles. The van der Waals surface area contributed by atoms with Gasteiger partial charge in [0.25, 0.3) is 5.91 Å². The van der Waals surface area contributed by atoms with Gasteiger partial charge in [0, 0.05) is 18.1 Å². The van der Waals surface area contributed by atoms with Crippen LogP contribution in [0.3, 0.4) is 0 Å². The summed E-state index contributed by atoms with van der Waals surface area (Å²) in [5.74, 6) is -0.453. The van der Waals surface area contributed by atoms with E-state index in [1.165, 1.54) is 19.1 Å². The fraction of sp³-hybridized carbons (Fsp3) is 0.526. The van der Waals surface area contributed by atoms with Gasteiger partial charge >= 0.3 is 6.09 Å². The Morgan fingerprint density at radius 1 is 1.25 bits per heavy atom. The number of anilines is 1. The number of methoxy groups -OCH3 is 1. The van der Waals surface area contributed by atoms with Crippen molar-refractivity contribution in [3.8, 4) is 5.75 Å². The Hall–Kier alpha value is -2.29. The summed E-state index contributed by atoms with van der Waals surface area (Å²) in [6, 6.07) is 2.60. The zero-order chi connectivity index (χ0) is 21.1. The molecule has 0 unspecified atom stereocenters. The maximum absolute atomic E-state index is 12.9. The Labute approximate surface area is 173 Å². The molecule has 3 amide bonds. The van der Waals surface area contributed by atoms with Gasteiger partial charge in [-0.3, -0.25) is 14.5 Å². The summed E-state index contributed by atoms with van der Waals surface area (Å²) in [5, 5.41) is 5.33. The van der Waals surface area contributed by atoms with Crippen LogP contribution in [0.2, 0.25) is 0 Å². The minimum absolute atomic E-state index is 0.248. The SMILES string of the molecule is CNC(=O)c1cc(Br)cc(NC(=O)[C@@H]2CCCN2C(=O)OC(C)(C)C)c1OC. The third-order valence-corrected chi connectivity index (χ3v) is 4.63. The van der Waals surface area contributed by atoms with E-state index in [1.54, 1.807) is 32.9 Å². The number of benzene rings is 1. The Bertz CT molecular complexity index is 776. The van der Waals surface area contributed by atoms with E-state index in [-0.39, 0.29) is 23.1 Å². The van der Waals surface area contributed by atoms with Crippen LogP contribution in [0.1, 0.15) is 44.0 Å². The summed E-state index contributed by atoms with van der Waals surface area (Å²) in [4.78, 5) is 38.9. The number of rotatable bonds is 4. The van der Waals surface area contributed by atoms with Crippen molar-refractivity contribution in [3.63, 3.8) is 0 Å². The molecule has 154 valence electrons. The lowest BCUT2D eigenvalue weighted by atomic mass is 10.1. The van der Waals surface area contributed by atoms with Gasteiger partial charge in [-0.25, -0.2) is 4.79 Å². The van der Waals surface area contributed by atoms with Gasteiger partial charge in [-0.2, -0.15) is 0 Å². The van der Waals surface area contributed by atoms with Crippen molar-refractivity contribution in [2.24, 2.45) is 0 Å². The second kappa shape index (κ2) is 8.81. The quantitative estimate of drug-likeness (QED) is 0.726. The normalized spacial score (nSPS) is 16.5. The Balaban J connectivity index is 2.25. The molecule has 2 rings (SSSR count). The van der Waals surface area contributed by atoms with Crippen molar-refractivity contribution < 1.29 is 23.9 Å². The predicted molar refractivity (Wildman–Crippen MR) is 109 cm³/mol. The fourth-order valence-electron chi connectivity index (χ4n) is 3.00. The van der Waals surface area contributed by atoms with E-state index in [0.29, 0.717) is 29.5 Å². The van der Waals surface area contributed by atoms with Crippen LogP contribution in [-0.4, -0.2) is 55.2 Å². The summed E-state index contributed by atoms with van der Waals surface area (Å²) < 4.78 is 11.4. The molecule has 8 nitrogen and oxygen atoms in total. The van der Waals surface area contributed by atoms with Crippen LogP contribution < -0.4 is 15.4 Å². The number of nitrogens with zero attached hydrogens (tertiary/aromatic N) is 1. The van der Waals surface area contributed by atoms with Crippen LogP contribution >= 0.6 is 15.9 Å². The number of halogens is 1. The number of hydrogen-bond acceptors (Lipinski definition) is 5. The van der Waals surface area contributed by atoms with Gasteiger partial charge in [0.15, 0.2) is 5.75 Å². The van der Waals surface area contributed by atoms with E-state index in [0.717, 1.165) is 0 Å². The fourth-order valence-corrected chi connectivity index (χ4v) is 3.46. The third kappa shape index (κ3) is 5.15. The van der Waals surface area contributed by atoms with E-state index in [1.807, 2.05) is 0 Å². The van der Waals surface area contributed by atoms with E-state index in [4.69, 9.17) is 9.47 Å².